The summed E-state index contributed by atoms with van der Waals surface area (Å²) in [6, 6.07) is 0. The van der Waals surface area contributed by atoms with Crippen LogP contribution in [0.1, 0.15) is 17.0 Å². The minimum Gasteiger partial charge on any atom is -0.319 e. The highest BCUT2D eigenvalue weighted by atomic mass is 32.2. The van der Waals surface area contributed by atoms with E-state index in [0.717, 1.165) is 29.9 Å². The Hall–Kier alpha value is -0.690. The van der Waals surface area contributed by atoms with Crippen LogP contribution >= 0.6 is 11.8 Å². The summed E-state index contributed by atoms with van der Waals surface area (Å²) in [7, 11) is 1.87. The predicted molar refractivity (Wildman–Crippen MR) is 67.8 cm³/mol. The zero-order chi connectivity index (χ0) is 13.8. The minimum atomic E-state index is -4.16. The molecule has 0 radical (unpaired) electrons. The van der Waals surface area contributed by atoms with Crippen molar-refractivity contribution in [1.82, 2.24) is 15.1 Å². The fourth-order valence-electron chi connectivity index (χ4n) is 1.81. The zero-order valence-corrected chi connectivity index (χ0v) is 11.6. The van der Waals surface area contributed by atoms with Crippen LogP contribution in [-0.2, 0) is 13.0 Å². The molecule has 7 heteroatoms. The third-order valence-electron chi connectivity index (χ3n) is 2.73. The topological polar surface area (TPSA) is 29.9 Å². The van der Waals surface area contributed by atoms with Gasteiger partial charge >= 0.3 is 5.51 Å². The molecule has 0 saturated heterocycles. The first-order valence-corrected chi connectivity index (χ1v) is 6.72. The molecule has 0 aromatic carbocycles. The van der Waals surface area contributed by atoms with Crippen molar-refractivity contribution in [1.29, 1.82) is 0 Å². The first-order valence-electron chi connectivity index (χ1n) is 5.73. The van der Waals surface area contributed by atoms with Crippen LogP contribution in [0.15, 0.2) is 0 Å². The number of alkyl halides is 3. The van der Waals surface area contributed by atoms with E-state index in [2.05, 4.69) is 10.4 Å². The standard InChI is InChI=1S/C11H18F3N3S/c1-8-10(4-5-15-3)9(2)17(16-8)6-7-18-11(12,13)14/h15H,4-7H2,1-3H3. The number of hydrogen-bond donors (Lipinski definition) is 1. The quantitative estimate of drug-likeness (QED) is 0.869. The molecule has 0 fully saturated rings. The average molecular weight is 281 g/mol. The number of aromatic nitrogens is 2. The summed E-state index contributed by atoms with van der Waals surface area (Å²) < 4.78 is 37.8. The van der Waals surface area contributed by atoms with Gasteiger partial charge in [-0.2, -0.15) is 18.3 Å². The predicted octanol–water partition coefficient (Wildman–Crippen LogP) is 2.51. The summed E-state index contributed by atoms with van der Waals surface area (Å²) >= 11 is -0.00309. The van der Waals surface area contributed by atoms with Gasteiger partial charge in [-0.25, -0.2) is 0 Å². The Kier molecular flexibility index (Phi) is 5.52. The fourth-order valence-corrected chi connectivity index (χ4v) is 2.31. The molecule has 0 bridgehead atoms. The molecule has 3 nitrogen and oxygen atoms in total. The number of nitrogens with one attached hydrogen (secondary N) is 1. The second kappa shape index (κ2) is 6.47. The maximum absolute atomic E-state index is 12.0. The van der Waals surface area contributed by atoms with Crippen molar-refractivity contribution in [3.8, 4) is 0 Å². The number of rotatable bonds is 6. The molecule has 104 valence electrons. The largest absolute Gasteiger partial charge is 0.441 e. The van der Waals surface area contributed by atoms with Gasteiger partial charge in [-0.3, -0.25) is 4.68 Å². The molecular formula is C11H18F3N3S. The van der Waals surface area contributed by atoms with E-state index in [1.807, 2.05) is 20.9 Å². The van der Waals surface area contributed by atoms with Gasteiger partial charge in [0.25, 0.3) is 0 Å². The van der Waals surface area contributed by atoms with E-state index in [9.17, 15) is 13.2 Å². The number of nitrogens with zero attached hydrogens (tertiary/aromatic N) is 2. The molecule has 18 heavy (non-hydrogen) atoms. The van der Waals surface area contributed by atoms with Crippen molar-refractivity contribution in [2.75, 3.05) is 19.3 Å². The van der Waals surface area contributed by atoms with E-state index in [1.54, 1.807) is 4.68 Å². The lowest BCUT2D eigenvalue weighted by molar-refractivity contribution is -0.0328. The zero-order valence-electron chi connectivity index (χ0n) is 10.8. The summed E-state index contributed by atoms with van der Waals surface area (Å²) in [5.74, 6) is -0.00305. The molecular weight excluding hydrogens is 263 g/mol. The highest BCUT2D eigenvalue weighted by Gasteiger charge is 2.27. The second-order valence-electron chi connectivity index (χ2n) is 4.02. The van der Waals surface area contributed by atoms with Crippen LogP contribution in [-0.4, -0.2) is 34.6 Å². The van der Waals surface area contributed by atoms with Gasteiger partial charge in [0.05, 0.1) is 12.2 Å². The van der Waals surface area contributed by atoms with Gasteiger partial charge in [0, 0.05) is 11.4 Å². The molecule has 0 spiro atoms. The summed E-state index contributed by atoms with van der Waals surface area (Å²) in [4.78, 5) is 0. The van der Waals surface area contributed by atoms with E-state index < -0.39 is 5.51 Å². The van der Waals surface area contributed by atoms with Crippen LogP contribution in [0.4, 0.5) is 13.2 Å². The molecule has 1 aromatic heterocycles. The Bertz CT molecular complexity index is 388. The Morgan fingerprint density at radius 3 is 2.56 bits per heavy atom. The van der Waals surface area contributed by atoms with Gasteiger partial charge in [0.15, 0.2) is 0 Å². The smallest absolute Gasteiger partial charge is 0.319 e. The minimum absolute atomic E-state index is 0.00305. The normalized spacial score (nSPS) is 12.1. The van der Waals surface area contributed by atoms with Crippen LogP contribution in [0.2, 0.25) is 0 Å². The summed E-state index contributed by atoms with van der Waals surface area (Å²) in [5, 5.41) is 7.34. The van der Waals surface area contributed by atoms with E-state index in [0.29, 0.717) is 0 Å². The maximum Gasteiger partial charge on any atom is 0.441 e. The Morgan fingerprint density at radius 1 is 1.33 bits per heavy atom. The van der Waals surface area contributed by atoms with Gasteiger partial charge in [-0.1, -0.05) is 0 Å². The van der Waals surface area contributed by atoms with Crippen LogP contribution in [0.3, 0.4) is 0 Å². The maximum atomic E-state index is 12.0. The van der Waals surface area contributed by atoms with Crippen molar-refractivity contribution < 1.29 is 13.2 Å². The van der Waals surface area contributed by atoms with E-state index in [4.69, 9.17) is 0 Å². The van der Waals surface area contributed by atoms with Crippen LogP contribution in [0, 0.1) is 13.8 Å². The highest BCUT2D eigenvalue weighted by Crippen LogP contribution is 2.30. The SMILES string of the molecule is CNCCc1c(C)nn(CCSC(F)(F)F)c1C. The summed E-state index contributed by atoms with van der Waals surface area (Å²) in [5.41, 5.74) is -1.17. The molecule has 1 heterocycles. The van der Waals surface area contributed by atoms with E-state index >= 15 is 0 Å². The lowest BCUT2D eigenvalue weighted by atomic mass is 10.1. The first kappa shape index (κ1) is 15.4. The molecule has 0 aliphatic heterocycles. The molecule has 0 saturated carbocycles. The van der Waals surface area contributed by atoms with Crippen molar-refractivity contribution in [3.05, 3.63) is 17.0 Å². The van der Waals surface area contributed by atoms with Crippen molar-refractivity contribution in [2.45, 2.75) is 32.3 Å². The van der Waals surface area contributed by atoms with Crippen LogP contribution < -0.4 is 5.32 Å². The highest BCUT2D eigenvalue weighted by molar-refractivity contribution is 8.00. The van der Waals surface area contributed by atoms with Crippen molar-refractivity contribution in [2.24, 2.45) is 0 Å². The summed E-state index contributed by atoms with van der Waals surface area (Å²) in [6.07, 6.45) is 0.848. The van der Waals surface area contributed by atoms with Crippen LogP contribution in [0.25, 0.3) is 0 Å². The van der Waals surface area contributed by atoms with Gasteiger partial charge in [0.2, 0.25) is 0 Å². The monoisotopic (exact) mass is 281 g/mol. The lowest BCUT2D eigenvalue weighted by Crippen LogP contribution is -2.12. The third-order valence-corrected chi connectivity index (χ3v) is 3.44. The summed E-state index contributed by atoms with van der Waals surface area (Å²) in [6.45, 7) is 4.93. The number of hydrogen-bond acceptors (Lipinski definition) is 3. The molecule has 0 aliphatic carbocycles. The second-order valence-corrected chi connectivity index (χ2v) is 5.18. The Labute approximate surface area is 109 Å². The van der Waals surface area contributed by atoms with Crippen molar-refractivity contribution >= 4 is 11.8 Å². The van der Waals surface area contributed by atoms with Gasteiger partial charge in [-0.05, 0) is 51.2 Å². The number of likely N-dealkylation sites (N-methyl/N-ethyl adjacent to an activating group) is 1. The number of halogens is 3. The van der Waals surface area contributed by atoms with Crippen LogP contribution in [0.5, 0.6) is 0 Å². The van der Waals surface area contributed by atoms with Crippen molar-refractivity contribution in [3.63, 3.8) is 0 Å². The Morgan fingerprint density at radius 2 is 2.00 bits per heavy atom. The molecule has 1 aromatic rings. The fraction of sp³-hybridized carbons (Fsp3) is 0.727. The molecule has 1 N–H and O–H groups in total. The molecule has 0 atom stereocenters. The number of thioether (sulfide) groups is 1. The van der Waals surface area contributed by atoms with E-state index in [1.165, 1.54) is 0 Å². The molecule has 1 rings (SSSR count). The van der Waals surface area contributed by atoms with Gasteiger partial charge < -0.3 is 5.32 Å². The van der Waals surface area contributed by atoms with E-state index in [-0.39, 0.29) is 24.1 Å². The lowest BCUT2D eigenvalue weighted by Gasteiger charge is -2.07. The molecule has 0 unspecified atom stereocenters. The number of aryl methyl sites for hydroxylation is 2. The molecule has 0 aliphatic rings. The Balaban J connectivity index is 2.61. The molecule has 0 amide bonds. The average Bonchev–Trinajstić information content (AvgIpc) is 2.51. The third kappa shape index (κ3) is 4.53. The van der Waals surface area contributed by atoms with Gasteiger partial charge in [0.1, 0.15) is 0 Å². The first-order chi connectivity index (χ1) is 8.35. The van der Waals surface area contributed by atoms with Gasteiger partial charge in [-0.15, -0.1) is 0 Å².